The van der Waals surface area contributed by atoms with Crippen molar-refractivity contribution in [3.63, 3.8) is 0 Å². The average molecular weight is 834 g/mol. The zero-order valence-electron chi connectivity index (χ0n) is 40.2. The first-order valence-corrected chi connectivity index (χ1v) is 27.0. The summed E-state index contributed by atoms with van der Waals surface area (Å²) in [5.41, 5.74) is 0. The number of rotatable bonds is 50. The first-order chi connectivity index (χ1) is 29.0. The van der Waals surface area contributed by atoms with E-state index in [1.165, 1.54) is 250 Å². The summed E-state index contributed by atoms with van der Waals surface area (Å²) in [6, 6.07) is -0.739. The number of carbonyl (C=O) groups excluding carboxylic acids is 1. The summed E-state index contributed by atoms with van der Waals surface area (Å²) < 4.78 is 0. The van der Waals surface area contributed by atoms with Gasteiger partial charge in [-0.1, -0.05) is 289 Å². The quantitative estimate of drug-likeness (QED) is 0.0363. The van der Waals surface area contributed by atoms with E-state index in [9.17, 15) is 20.1 Å². The Morgan fingerprint density at radius 1 is 0.424 bits per heavy atom. The Balaban J connectivity index is 3.46. The Morgan fingerprint density at radius 2 is 0.695 bits per heavy atom. The Labute approximate surface area is 369 Å². The van der Waals surface area contributed by atoms with Gasteiger partial charge in [0.15, 0.2) is 0 Å². The van der Waals surface area contributed by atoms with Crippen molar-refractivity contribution in [1.82, 2.24) is 5.32 Å². The van der Waals surface area contributed by atoms with Crippen LogP contribution in [0.4, 0.5) is 0 Å². The molecule has 4 N–H and O–H groups in total. The fourth-order valence-electron chi connectivity index (χ4n) is 8.70. The monoisotopic (exact) mass is 834 g/mol. The molecule has 5 heteroatoms. The molecule has 59 heavy (non-hydrogen) atoms. The van der Waals surface area contributed by atoms with Crippen molar-refractivity contribution in [3.8, 4) is 0 Å². The van der Waals surface area contributed by atoms with Crippen molar-refractivity contribution >= 4 is 5.91 Å². The molecule has 0 aliphatic carbocycles. The summed E-state index contributed by atoms with van der Waals surface area (Å²) >= 11 is 0. The lowest BCUT2D eigenvalue weighted by atomic mass is 10.0. The summed E-state index contributed by atoms with van der Waals surface area (Å²) in [4.78, 5) is 12.5. The number of amides is 1. The number of unbranched alkanes of at least 4 members (excludes halogenated alkanes) is 41. The topological polar surface area (TPSA) is 89.8 Å². The van der Waals surface area contributed by atoms with Crippen LogP contribution in [0, 0.1) is 0 Å². The predicted octanol–water partition coefficient (Wildman–Crippen LogP) is 16.3. The zero-order chi connectivity index (χ0) is 43.0. The lowest BCUT2D eigenvalue weighted by molar-refractivity contribution is -0.124. The molecule has 0 aromatic rings. The first-order valence-electron chi connectivity index (χ1n) is 27.0. The van der Waals surface area contributed by atoms with E-state index in [0.29, 0.717) is 6.42 Å². The van der Waals surface area contributed by atoms with E-state index in [2.05, 4.69) is 19.2 Å². The lowest BCUT2D eigenvalue weighted by Gasteiger charge is -2.21. The Kier molecular flexibility index (Phi) is 49.0. The number of carbonyl (C=O) groups is 1. The van der Waals surface area contributed by atoms with Crippen LogP contribution in [0.15, 0.2) is 12.2 Å². The zero-order valence-corrected chi connectivity index (χ0v) is 40.2. The molecule has 0 bridgehead atoms. The highest BCUT2D eigenvalue weighted by Gasteiger charge is 2.20. The van der Waals surface area contributed by atoms with Crippen molar-refractivity contribution in [3.05, 3.63) is 12.2 Å². The van der Waals surface area contributed by atoms with Gasteiger partial charge in [-0.3, -0.25) is 4.79 Å². The SMILES string of the molecule is CCCCCCCCCCCCC/C=C/C(O)C(CO)NC(=O)CC(O)CCCCCCCCCCCCCCCCCCCCCCCCCCCCCCCCC. The van der Waals surface area contributed by atoms with Crippen molar-refractivity contribution in [1.29, 1.82) is 0 Å². The number of aliphatic hydroxyl groups is 3. The second-order valence-electron chi connectivity index (χ2n) is 18.9. The molecule has 0 aliphatic heterocycles. The minimum atomic E-state index is -0.924. The molecule has 0 spiro atoms. The van der Waals surface area contributed by atoms with Crippen molar-refractivity contribution in [2.24, 2.45) is 0 Å². The number of allylic oxidation sites excluding steroid dienone is 1. The van der Waals surface area contributed by atoms with Gasteiger partial charge >= 0.3 is 0 Å². The van der Waals surface area contributed by atoms with Crippen molar-refractivity contribution < 1.29 is 20.1 Å². The Hall–Kier alpha value is -0.910. The molecule has 0 saturated heterocycles. The third-order valence-electron chi connectivity index (χ3n) is 12.8. The third kappa shape index (κ3) is 46.4. The minimum Gasteiger partial charge on any atom is -0.394 e. The van der Waals surface area contributed by atoms with Gasteiger partial charge in [0.1, 0.15) is 0 Å². The molecule has 352 valence electrons. The van der Waals surface area contributed by atoms with Gasteiger partial charge in [0, 0.05) is 0 Å². The summed E-state index contributed by atoms with van der Waals surface area (Å²) in [5, 5.41) is 33.3. The fourth-order valence-corrected chi connectivity index (χ4v) is 8.70. The van der Waals surface area contributed by atoms with Crippen LogP contribution in [0.25, 0.3) is 0 Å². The maximum Gasteiger partial charge on any atom is 0.222 e. The van der Waals surface area contributed by atoms with Gasteiger partial charge in [-0.2, -0.15) is 0 Å². The first kappa shape index (κ1) is 58.1. The van der Waals surface area contributed by atoms with E-state index in [0.717, 1.165) is 25.7 Å². The number of hydrogen-bond donors (Lipinski definition) is 4. The second-order valence-corrected chi connectivity index (χ2v) is 18.9. The maximum atomic E-state index is 12.5. The van der Waals surface area contributed by atoms with Crippen molar-refractivity contribution in [2.45, 2.75) is 321 Å². The summed E-state index contributed by atoms with van der Waals surface area (Å²) in [5.74, 6) is -0.310. The molecule has 0 rings (SSSR count). The molecule has 0 heterocycles. The van der Waals surface area contributed by atoms with Crippen LogP contribution in [0.3, 0.4) is 0 Å². The van der Waals surface area contributed by atoms with Crippen LogP contribution in [-0.4, -0.2) is 46.1 Å². The molecule has 1 amide bonds. The molecule has 0 radical (unpaired) electrons. The summed E-state index contributed by atoms with van der Waals surface area (Å²) in [6.07, 6.45) is 61.2. The Morgan fingerprint density at radius 3 is 0.983 bits per heavy atom. The van der Waals surface area contributed by atoms with E-state index in [1.807, 2.05) is 6.08 Å². The van der Waals surface area contributed by atoms with Crippen LogP contribution in [0.5, 0.6) is 0 Å². The smallest absolute Gasteiger partial charge is 0.222 e. The molecule has 0 fully saturated rings. The lowest BCUT2D eigenvalue weighted by Crippen LogP contribution is -2.45. The van der Waals surface area contributed by atoms with Gasteiger partial charge in [-0.15, -0.1) is 0 Å². The van der Waals surface area contributed by atoms with Crippen LogP contribution < -0.4 is 5.32 Å². The van der Waals surface area contributed by atoms with Crippen molar-refractivity contribution in [2.75, 3.05) is 6.61 Å². The third-order valence-corrected chi connectivity index (χ3v) is 12.8. The number of hydrogen-bond acceptors (Lipinski definition) is 4. The van der Waals surface area contributed by atoms with Crippen LogP contribution in [-0.2, 0) is 4.79 Å². The standard InChI is InChI=1S/C54H107NO4/c1-3-5-7-9-11-13-15-17-18-19-20-21-22-23-24-25-26-27-28-29-30-31-32-33-34-36-37-39-41-43-45-47-51(57)49-54(59)55-52(50-56)53(58)48-46-44-42-40-38-35-16-14-12-10-8-6-4-2/h46,48,51-53,56-58H,3-45,47,49-50H2,1-2H3,(H,55,59)/b48-46+. The highest BCUT2D eigenvalue weighted by Crippen LogP contribution is 2.18. The number of aliphatic hydroxyl groups excluding tert-OH is 3. The minimum absolute atomic E-state index is 0.0191. The van der Waals surface area contributed by atoms with Gasteiger partial charge in [-0.25, -0.2) is 0 Å². The molecular formula is C54H107NO4. The normalized spacial score (nSPS) is 13.4. The van der Waals surface area contributed by atoms with E-state index in [-0.39, 0.29) is 18.9 Å². The summed E-state index contributed by atoms with van der Waals surface area (Å²) in [6.45, 7) is 4.23. The van der Waals surface area contributed by atoms with Gasteiger partial charge in [0.05, 0.1) is 31.3 Å². The molecule has 0 aromatic carbocycles. The van der Waals surface area contributed by atoms with Gasteiger partial charge in [0.2, 0.25) is 5.91 Å². The van der Waals surface area contributed by atoms with Gasteiger partial charge < -0.3 is 20.6 Å². The molecule has 0 saturated carbocycles. The highest BCUT2D eigenvalue weighted by atomic mass is 16.3. The maximum absolute atomic E-state index is 12.5. The summed E-state index contributed by atoms with van der Waals surface area (Å²) in [7, 11) is 0. The van der Waals surface area contributed by atoms with E-state index in [1.54, 1.807) is 6.08 Å². The highest BCUT2D eigenvalue weighted by molar-refractivity contribution is 5.76. The van der Waals surface area contributed by atoms with Gasteiger partial charge in [0.25, 0.3) is 0 Å². The van der Waals surface area contributed by atoms with Crippen LogP contribution in [0.1, 0.15) is 303 Å². The largest absolute Gasteiger partial charge is 0.394 e. The number of nitrogens with one attached hydrogen (secondary N) is 1. The molecular weight excluding hydrogens is 727 g/mol. The Bertz CT molecular complexity index is 833. The van der Waals surface area contributed by atoms with E-state index < -0.39 is 18.2 Å². The van der Waals surface area contributed by atoms with E-state index >= 15 is 0 Å². The molecule has 0 aliphatic rings. The molecule has 3 unspecified atom stereocenters. The van der Waals surface area contributed by atoms with Crippen LogP contribution in [0.2, 0.25) is 0 Å². The molecule has 5 nitrogen and oxygen atoms in total. The molecule has 0 aromatic heterocycles. The second kappa shape index (κ2) is 49.7. The molecule has 3 atom stereocenters. The average Bonchev–Trinajstić information content (AvgIpc) is 3.23. The predicted molar refractivity (Wildman–Crippen MR) is 259 cm³/mol. The van der Waals surface area contributed by atoms with E-state index in [4.69, 9.17) is 0 Å². The van der Waals surface area contributed by atoms with Gasteiger partial charge in [-0.05, 0) is 19.3 Å². The fraction of sp³-hybridized carbons (Fsp3) is 0.944. The van der Waals surface area contributed by atoms with Crippen LogP contribution >= 0.6 is 0 Å².